The van der Waals surface area contributed by atoms with Gasteiger partial charge < -0.3 is 0 Å². The molecule has 4 nitrogen and oxygen atoms in total. The van der Waals surface area contributed by atoms with Crippen LogP contribution in [0.4, 0.5) is 0 Å². The van der Waals surface area contributed by atoms with Crippen molar-refractivity contribution in [2.45, 2.75) is 0 Å². The van der Waals surface area contributed by atoms with Gasteiger partial charge in [-0.25, -0.2) is 4.98 Å². The molecule has 4 aromatic carbocycles. The average Bonchev–Trinajstić information content (AvgIpc) is 2.89. The SMILES string of the molecule is O=C(/C=C/c1nc2ccccc2c(=O)n1-c1ccccc1Cl)c1ccc(-c2ccccc2)cc1. The lowest BCUT2D eigenvalue weighted by atomic mass is 10.0. The van der Waals surface area contributed by atoms with Gasteiger partial charge in [-0.2, -0.15) is 0 Å². The Morgan fingerprint density at radius 1 is 0.765 bits per heavy atom. The molecule has 5 heteroatoms. The van der Waals surface area contributed by atoms with E-state index in [2.05, 4.69) is 4.98 Å². The number of carbonyl (C=O) groups is 1. The van der Waals surface area contributed by atoms with Crippen LogP contribution in [0.3, 0.4) is 0 Å². The summed E-state index contributed by atoms with van der Waals surface area (Å²) in [6.45, 7) is 0. The first-order chi connectivity index (χ1) is 16.6. The molecule has 0 fully saturated rings. The van der Waals surface area contributed by atoms with Crippen molar-refractivity contribution in [3.8, 4) is 16.8 Å². The lowest BCUT2D eigenvalue weighted by molar-refractivity contribution is 0.104. The summed E-state index contributed by atoms with van der Waals surface area (Å²) in [5.74, 6) is 0.138. The average molecular weight is 463 g/mol. The fourth-order valence-corrected chi connectivity index (χ4v) is 4.05. The summed E-state index contributed by atoms with van der Waals surface area (Å²) < 4.78 is 1.44. The third kappa shape index (κ3) is 4.19. The topological polar surface area (TPSA) is 52.0 Å². The summed E-state index contributed by atoms with van der Waals surface area (Å²) in [5.41, 5.74) is 3.47. The van der Waals surface area contributed by atoms with E-state index in [1.165, 1.54) is 10.6 Å². The Bertz CT molecular complexity index is 1590. The van der Waals surface area contributed by atoms with Gasteiger partial charge >= 0.3 is 0 Å². The number of nitrogens with zero attached hydrogens (tertiary/aromatic N) is 2. The van der Waals surface area contributed by atoms with Crippen LogP contribution in [0.1, 0.15) is 16.2 Å². The highest BCUT2D eigenvalue weighted by atomic mass is 35.5. The summed E-state index contributed by atoms with van der Waals surface area (Å²) in [6, 6.07) is 31.6. The minimum absolute atomic E-state index is 0.187. The van der Waals surface area contributed by atoms with Gasteiger partial charge in [0.1, 0.15) is 5.82 Å². The van der Waals surface area contributed by atoms with Crippen LogP contribution in [-0.2, 0) is 0 Å². The zero-order chi connectivity index (χ0) is 23.5. The van der Waals surface area contributed by atoms with Gasteiger partial charge in [-0.15, -0.1) is 0 Å². The fraction of sp³-hybridized carbons (Fsp3) is 0. The largest absolute Gasteiger partial charge is 0.289 e. The number of fused-ring (bicyclic) bond motifs is 1. The molecule has 0 saturated carbocycles. The van der Waals surface area contributed by atoms with Crippen molar-refractivity contribution in [3.05, 3.63) is 136 Å². The highest BCUT2D eigenvalue weighted by molar-refractivity contribution is 6.32. The molecule has 0 aliphatic carbocycles. The molecule has 0 aliphatic heterocycles. The molecule has 0 radical (unpaired) electrons. The second-order valence-electron chi connectivity index (χ2n) is 7.72. The summed E-state index contributed by atoms with van der Waals surface area (Å²) in [7, 11) is 0. The van der Waals surface area contributed by atoms with Gasteiger partial charge in [-0.05, 0) is 47.5 Å². The van der Waals surface area contributed by atoms with Crippen LogP contribution >= 0.6 is 11.6 Å². The molecule has 5 rings (SSSR count). The predicted molar refractivity (Wildman–Crippen MR) is 138 cm³/mol. The van der Waals surface area contributed by atoms with Crippen LogP contribution in [0.15, 0.2) is 114 Å². The van der Waals surface area contributed by atoms with Crippen molar-refractivity contribution < 1.29 is 4.79 Å². The van der Waals surface area contributed by atoms with Gasteiger partial charge in [0.15, 0.2) is 5.78 Å². The molecule has 0 unspecified atom stereocenters. The van der Waals surface area contributed by atoms with Gasteiger partial charge in [-0.3, -0.25) is 14.2 Å². The Morgan fingerprint density at radius 2 is 1.41 bits per heavy atom. The third-order valence-corrected chi connectivity index (χ3v) is 5.87. The Labute approximate surface area is 201 Å². The molecule has 0 aliphatic rings. The van der Waals surface area contributed by atoms with E-state index < -0.39 is 0 Å². The predicted octanol–water partition coefficient (Wildman–Crippen LogP) is 6.60. The van der Waals surface area contributed by atoms with Crippen LogP contribution in [-0.4, -0.2) is 15.3 Å². The summed E-state index contributed by atoms with van der Waals surface area (Å²) in [6.07, 6.45) is 2.99. The van der Waals surface area contributed by atoms with Gasteiger partial charge in [-0.1, -0.05) is 90.5 Å². The molecule has 0 bridgehead atoms. The molecule has 0 atom stereocenters. The Morgan fingerprint density at radius 3 is 2.18 bits per heavy atom. The number of allylic oxidation sites excluding steroid dienone is 1. The van der Waals surface area contributed by atoms with Crippen molar-refractivity contribution in [1.29, 1.82) is 0 Å². The number of aromatic nitrogens is 2. The van der Waals surface area contributed by atoms with E-state index in [4.69, 9.17) is 11.6 Å². The van der Waals surface area contributed by atoms with Crippen LogP contribution in [0.25, 0.3) is 33.8 Å². The molecule has 1 heterocycles. The van der Waals surface area contributed by atoms with Gasteiger partial charge in [0, 0.05) is 5.56 Å². The quantitative estimate of drug-likeness (QED) is 0.218. The molecule has 0 spiro atoms. The van der Waals surface area contributed by atoms with E-state index in [0.29, 0.717) is 33.0 Å². The van der Waals surface area contributed by atoms with Crippen LogP contribution in [0.5, 0.6) is 0 Å². The van der Waals surface area contributed by atoms with E-state index in [1.54, 1.807) is 60.7 Å². The molecular weight excluding hydrogens is 444 g/mol. The maximum absolute atomic E-state index is 13.3. The van der Waals surface area contributed by atoms with Gasteiger partial charge in [0.25, 0.3) is 5.56 Å². The highest BCUT2D eigenvalue weighted by Gasteiger charge is 2.13. The first-order valence-electron chi connectivity index (χ1n) is 10.8. The molecule has 0 amide bonds. The Balaban J connectivity index is 1.54. The second-order valence-corrected chi connectivity index (χ2v) is 8.13. The number of hydrogen-bond acceptors (Lipinski definition) is 3. The fourth-order valence-electron chi connectivity index (χ4n) is 3.83. The number of benzene rings is 4. The van der Waals surface area contributed by atoms with E-state index in [-0.39, 0.29) is 11.3 Å². The van der Waals surface area contributed by atoms with Crippen molar-refractivity contribution in [1.82, 2.24) is 9.55 Å². The molecule has 164 valence electrons. The summed E-state index contributed by atoms with van der Waals surface area (Å²) >= 11 is 6.40. The van der Waals surface area contributed by atoms with E-state index in [1.807, 2.05) is 48.5 Å². The minimum Gasteiger partial charge on any atom is -0.289 e. The normalized spacial score (nSPS) is 11.2. The maximum Gasteiger partial charge on any atom is 0.266 e. The molecular formula is C29H19ClN2O2. The smallest absolute Gasteiger partial charge is 0.266 e. The third-order valence-electron chi connectivity index (χ3n) is 5.56. The monoisotopic (exact) mass is 462 g/mol. The lowest BCUT2D eigenvalue weighted by Gasteiger charge is -2.12. The van der Waals surface area contributed by atoms with E-state index in [9.17, 15) is 9.59 Å². The maximum atomic E-state index is 13.3. The number of halogens is 1. The van der Waals surface area contributed by atoms with Crippen molar-refractivity contribution in [2.24, 2.45) is 0 Å². The highest BCUT2D eigenvalue weighted by Crippen LogP contribution is 2.22. The molecule has 5 aromatic rings. The molecule has 0 N–H and O–H groups in total. The summed E-state index contributed by atoms with van der Waals surface area (Å²) in [5, 5.41) is 0.890. The number of rotatable bonds is 5. The van der Waals surface area contributed by atoms with Crippen LogP contribution in [0.2, 0.25) is 5.02 Å². The van der Waals surface area contributed by atoms with Crippen LogP contribution < -0.4 is 5.56 Å². The van der Waals surface area contributed by atoms with Crippen molar-refractivity contribution >= 4 is 34.4 Å². The zero-order valence-electron chi connectivity index (χ0n) is 18.1. The molecule has 0 saturated heterocycles. The minimum atomic E-state index is -0.252. The number of hydrogen-bond donors (Lipinski definition) is 0. The van der Waals surface area contributed by atoms with Gasteiger partial charge in [0.2, 0.25) is 0 Å². The van der Waals surface area contributed by atoms with Crippen molar-refractivity contribution in [2.75, 3.05) is 0 Å². The zero-order valence-corrected chi connectivity index (χ0v) is 18.8. The lowest BCUT2D eigenvalue weighted by Crippen LogP contribution is -2.22. The van der Waals surface area contributed by atoms with Gasteiger partial charge in [0.05, 0.1) is 21.6 Å². The van der Waals surface area contributed by atoms with Crippen molar-refractivity contribution in [3.63, 3.8) is 0 Å². The number of carbonyl (C=O) groups excluding carboxylic acids is 1. The first kappa shape index (κ1) is 21.6. The molecule has 34 heavy (non-hydrogen) atoms. The molecule has 1 aromatic heterocycles. The Kier molecular flexibility index (Phi) is 5.90. The number of ketones is 1. The standard InChI is InChI=1S/C29H19ClN2O2/c30-24-11-5-7-13-26(24)32-28(31-25-12-6-4-10-23(25)29(32)34)19-18-27(33)22-16-14-21(15-17-22)20-8-2-1-3-9-20/h1-19H/b19-18+. The summed E-state index contributed by atoms with van der Waals surface area (Å²) in [4.78, 5) is 30.9. The Hall–Kier alpha value is -4.28. The first-order valence-corrected chi connectivity index (χ1v) is 11.1. The van der Waals surface area contributed by atoms with E-state index in [0.717, 1.165) is 11.1 Å². The second kappa shape index (κ2) is 9.30. The van der Waals surface area contributed by atoms with E-state index >= 15 is 0 Å². The van der Waals surface area contributed by atoms with Crippen LogP contribution in [0, 0.1) is 0 Å². The number of para-hydroxylation sites is 2.